The van der Waals surface area contributed by atoms with E-state index in [1.54, 1.807) is 6.08 Å². The van der Waals surface area contributed by atoms with E-state index in [2.05, 4.69) is 0 Å². The molecule has 0 bridgehead atoms. The lowest BCUT2D eigenvalue weighted by molar-refractivity contribution is -0.113. The number of carbonyl (C=O) groups is 1. The van der Waals surface area contributed by atoms with E-state index < -0.39 is 5.91 Å². The Bertz CT molecular complexity index is 392. The summed E-state index contributed by atoms with van der Waals surface area (Å²) in [6.07, 6.45) is 1.59. The van der Waals surface area contributed by atoms with Crippen LogP contribution in [0, 0.1) is 10.7 Å². The molecule has 0 aliphatic rings. The maximum Gasteiger partial charge on any atom is 0.256 e. The summed E-state index contributed by atoms with van der Waals surface area (Å²) in [5.41, 5.74) is 5.94. The molecular formula is C10H8N2OS. The standard InChI is InChI=1S/C10H8N2OS/c11-7-14-9(10(12)13)6-8-4-2-1-3-5-8/h1-6H,(H2,12,13)/b9-6-. The molecule has 0 aliphatic heterocycles. The van der Waals surface area contributed by atoms with Crippen LogP contribution in [0.15, 0.2) is 35.2 Å². The highest BCUT2D eigenvalue weighted by molar-refractivity contribution is 8.08. The number of rotatable bonds is 3. The van der Waals surface area contributed by atoms with Gasteiger partial charge in [-0.05, 0) is 23.4 Å². The second kappa shape index (κ2) is 5.10. The number of hydrogen-bond donors (Lipinski definition) is 1. The maximum atomic E-state index is 10.9. The van der Waals surface area contributed by atoms with Gasteiger partial charge in [-0.2, -0.15) is 5.26 Å². The average Bonchev–Trinajstić information content (AvgIpc) is 2.18. The largest absolute Gasteiger partial charge is 0.365 e. The number of thiocyanates is 1. The number of benzene rings is 1. The number of nitrogens with two attached hydrogens (primary N) is 1. The van der Waals surface area contributed by atoms with E-state index >= 15 is 0 Å². The van der Waals surface area contributed by atoms with Crippen LogP contribution in [0.5, 0.6) is 0 Å². The molecule has 0 aromatic heterocycles. The van der Waals surface area contributed by atoms with Crippen molar-refractivity contribution in [1.82, 2.24) is 0 Å². The molecular weight excluding hydrogens is 196 g/mol. The van der Waals surface area contributed by atoms with Crippen LogP contribution >= 0.6 is 11.8 Å². The van der Waals surface area contributed by atoms with Gasteiger partial charge in [-0.1, -0.05) is 30.3 Å². The van der Waals surface area contributed by atoms with Gasteiger partial charge in [0.25, 0.3) is 5.91 Å². The molecule has 0 atom stereocenters. The third-order valence-electron chi connectivity index (χ3n) is 1.50. The lowest BCUT2D eigenvalue weighted by Crippen LogP contribution is -2.11. The zero-order valence-electron chi connectivity index (χ0n) is 7.31. The summed E-state index contributed by atoms with van der Waals surface area (Å²) in [7, 11) is 0. The highest BCUT2D eigenvalue weighted by atomic mass is 32.2. The first-order chi connectivity index (χ1) is 6.74. The van der Waals surface area contributed by atoms with E-state index in [1.807, 2.05) is 35.7 Å². The molecule has 0 unspecified atom stereocenters. The normalized spacial score (nSPS) is 10.6. The highest BCUT2D eigenvalue weighted by Crippen LogP contribution is 2.17. The van der Waals surface area contributed by atoms with E-state index in [0.29, 0.717) is 0 Å². The number of primary amides is 1. The van der Waals surface area contributed by atoms with Crippen molar-refractivity contribution in [2.45, 2.75) is 0 Å². The van der Waals surface area contributed by atoms with E-state index in [9.17, 15) is 4.79 Å². The van der Waals surface area contributed by atoms with Gasteiger partial charge in [0.15, 0.2) is 0 Å². The summed E-state index contributed by atoms with van der Waals surface area (Å²) in [4.78, 5) is 11.1. The predicted octanol–water partition coefficient (Wildman–Crippen LogP) is 1.73. The fraction of sp³-hybridized carbons (Fsp3) is 0. The van der Waals surface area contributed by atoms with Gasteiger partial charge in [-0.3, -0.25) is 4.79 Å². The molecule has 1 aromatic carbocycles. The Morgan fingerprint density at radius 2 is 2.07 bits per heavy atom. The van der Waals surface area contributed by atoms with Crippen LogP contribution in [0.25, 0.3) is 6.08 Å². The van der Waals surface area contributed by atoms with Gasteiger partial charge < -0.3 is 5.73 Å². The van der Waals surface area contributed by atoms with Crippen LogP contribution in [-0.4, -0.2) is 5.91 Å². The summed E-state index contributed by atoms with van der Waals surface area (Å²) in [6, 6.07) is 9.24. The Balaban J connectivity index is 2.95. The predicted molar refractivity (Wildman–Crippen MR) is 56.8 cm³/mol. The zero-order chi connectivity index (χ0) is 10.4. The lowest BCUT2D eigenvalue weighted by Gasteiger charge is -1.96. The van der Waals surface area contributed by atoms with Crippen molar-refractivity contribution in [2.75, 3.05) is 0 Å². The van der Waals surface area contributed by atoms with Gasteiger partial charge in [0.2, 0.25) is 0 Å². The molecule has 2 N–H and O–H groups in total. The number of thioether (sulfide) groups is 1. The first kappa shape index (κ1) is 10.4. The van der Waals surface area contributed by atoms with E-state index in [0.717, 1.165) is 17.3 Å². The minimum Gasteiger partial charge on any atom is -0.365 e. The summed E-state index contributed by atoms with van der Waals surface area (Å²) >= 11 is 0.771. The van der Waals surface area contributed by atoms with Crippen LogP contribution in [0.2, 0.25) is 0 Å². The molecule has 0 heterocycles. The second-order valence-electron chi connectivity index (χ2n) is 2.48. The summed E-state index contributed by atoms with van der Waals surface area (Å²) in [5.74, 6) is -0.583. The monoisotopic (exact) mass is 204 g/mol. The van der Waals surface area contributed by atoms with Crippen LogP contribution < -0.4 is 5.73 Å². The van der Waals surface area contributed by atoms with Crippen LogP contribution in [0.1, 0.15) is 5.56 Å². The van der Waals surface area contributed by atoms with Crippen LogP contribution in [0.3, 0.4) is 0 Å². The third-order valence-corrected chi connectivity index (χ3v) is 2.13. The first-order valence-electron chi connectivity index (χ1n) is 3.86. The van der Waals surface area contributed by atoms with Gasteiger partial charge in [0.05, 0.1) is 4.91 Å². The quantitative estimate of drug-likeness (QED) is 0.602. The molecule has 0 saturated heterocycles. The minimum absolute atomic E-state index is 0.249. The Kier molecular flexibility index (Phi) is 3.77. The maximum absolute atomic E-state index is 10.9. The molecule has 0 saturated carbocycles. The lowest BCUT2D eigenvalue weighted by atomic mass is 10.2. The number of amides is 1. The SMILES string of the molecule is N#CS/C(=C\c1ccccc1)C(N)=O. The van der Waals surface area contributed by atoms with Gasteiger partial charge in [0.1, 0.15) is 5.40 Å². The molecule has 70 valence electrons. The van der Waals surface area contributed by atoms with Crippen molar-refractivity contribution < 1.29 is 4.79 Å². The fourth-order valence-electron chi connectivity index (χ4n) is 0.901. The van der Waals surface area contributed by atoms with Crippen molar-refractivity contribution in [1.29, 1.82) is 5.26 Å². The Morgan fingerprint density at radius 1 is 1.43 bits per heavy atom. The topological polar surface area (TPSA) is 66.9 Å². The van der Waals surface area contributed by atoms with Gasteiger partial charge in [0, 0.05) is 0 Å². The van der Waals surface area contributed by atoms with Crippen molar-refractivity contribution in [2.24, 2.45) is 5.73 Å². The van der Waals surface area contributed by atoms with E-state index in [-0.39, 0.29) is 4.91 Å². The van der Waals surface area contributed by atoms with Crippen molar-refractivity contribution in [3.05, 3.63) is 40.8 Å². The molecule has 1 rings (SSSR count). The van der Waals surface area contributed by atoms with Gasteiger partial charge in [-0.25, -0.2) is 0 Å². The molecule has 0 spiro atoms. The van der Waals surface area contributed by atoms with Gasteiger partial charge >= 0.3 is 0 Å². The summed E-state index contributed by atoms with van der Waals surface area (Å²) < 4.78 is 0. The summed E-state index contributed by atoms with van der Waals surface area (Å²) in [6.45, 7) is 0. The van der Waals surface area contributed by atoms with E-state index in [4.69, 9.17) is 11.0 Å². The van der Waals surface area contributed by atoms with Crippen LogP contribution in [0.4, 0.5) is 0 Å². The first-order valence-corrected chi connectivity index (χ1v) is 4.68. The number of nitriles is 1. The molecule has 0 aliphatic carbocycles. The zero-order valence-corrected chi connectivity index (χ0v) is 8.12. The van der Waals surface area contributed by atoms with Crippen molar-refractivity contribution >= 4 is 23.7 Å². The third kappa shape index (κ3) is 2.96. The fourth-order valence-corrected chi connectivity index (χ4v) is 1.29. The Hall–Kier alpha value is -1.73. The summed E-state index contributed by atoms with van der Waals surface area (Å²) in [5, 5.41) is 10.2. The molecule has 1 amide bonds. The smallest absolute Gasteiger partial charge is 0.256 e. The molecule has 0 radical (unpaired) electrons. The van der Waals surface area contributed by atoms with Crippen LogP contribution in [-0.2, 0) is 4.79 Å². The minimum atomic E-state index is -0.583. The molecule has 3 nitrogen and oxygen atoms in total. The number of hydrogen-bond acceptors (Lipinski definition) is 3. The molecule has 14 heavy (non-hydrogen) atoms. The van der Waals surface area contributed by atoms with E-state index in [1.165, 1.54) is 0 Å². The Labute approximate surface area is 86.2 Å². The molecule has 4 heteroatoms. The average molecular weight is 204 g/mol. The van der Waals surface area contributed by atoms with Gasteiger partial charge in [-0.15, -0.1) is 0 Å². The molecule has 0 fully saturated rings. The number of carbonyl (C=O) groups excluding carboxylic acids is 1. The van der Waals surface area contributed by atoms with Crippen molar-refractivity contribution in [3.8, 4) is 5.40 Å². The van der Waals surface area contributed by atoms with Crippen molar-refractivity contribution in [3.63, 3.8) is 0 Å². The Morgan fingerprint density at radius 3 is 2.57 bits per heavy atom. The molecule has 1 aromatic rings. The number of nitrogens with zero attached hydrogens (tertiary/aromatic N) is 1. The highest BCUT2D eigenvalue weighted by Gasteiger charge is 2.04. The second-order valence-corrected chi connectivity index (χ2v) is 3.30.